The maximum Gasteiger partial charge on any atom is 0.407 e. The van der Waals surface area contributed by atoms with Crippen LogP contribution in [0.2, 0.25) is 0 Å². The van der Waals surface area contributed by atoms with Gasteiger partial charge >= 0.3 is 6.09 Å². The fourth-order valence-electron chi connectivity index (χ4n) is 6.53. The van der Waals surface area contributed by atoms with E-state index in [0.29, 0.717) is 31.6 Å². The fraction of sp³-hybridized carbons (Fsp3) is 0.487. The molecule has 2 amide bonds. The first-order valence-corrected chi connectivity index (χ1v) is 17.3. The summed E-state index contributed by atoms with van der Waals surface area (Å²) in [5.41, 5.74) is 2.98. The van der Waals surface area contributed by atoms with Gasteiger partial charge in [-0.3, -0.25) is 9.69 Å². The van der Waals surface area contributed by atoms with Crippen molar-refractivity contribution in [3.63, 3.8) is 0 Å². The summed E-state index contributed by atoms with van der Waals surface area (Å²) >= 11 is 0. The Morgan fingerprint density at radius 2 is 1.67 bits per heavy atom. The van der Waals surface area contributed by atoms with E-state index in [-0.39, 0.29) is 12.3 Å². The third-order valence-corrected chi connectivity index (χ3v) is 9.02. The Balaban J connectivity index is 1.34. The fourth-order valence-corrected chi connectivity index (χ4v) is 6.53. The number of hydrogen-bond acceptors (Lipinski definition) is 8. The lowest BCUT2D eigenvalue weighted by Crippen LogP contribution is -2.48. The first kappa shape index (κ1) is 36.3. The van der Waals surface area contributed by atoms with Gasteiger partial charge in [0, 0.05) is 32.0 Å². The molecule has 4 N–H and O–H groups in total. The summed E-state index contributed by atoms with van der Waals surface area (Å²) in [4.78, 5) is 29.3. The Kier molecular flexibility index (Phi) is 12.7. The standard InChI is InChI=1S/C39H51N3O7/c1-39(2,3)49-38(46)40-33(24-27-10-5-4-6-11-27)34(43)26-30(37(45)41-36-32-15-8-7-13-29(32)25-35(36)44)22-28-12-9-14-31(23-28)48-21-18-42-16-19-47-20-17-42/h4-15,23,30,33-36,43-44H,16-22,24-26H2,1-3H3,(H,40,46)(H,41,45)/t30-,33+,34+,35-,36+/m1/s1. The van der Waals surface area contributed by atoms with Gasteiger partial charge in [0.1, 0.15) is 18.0 Å². The molecule has 0 bridgehead atoms. The molecule has 0 saturated carbocycles. The Hall–Kier alpha value is -3.96. The lowest BCUT2D eigenvalue weighted by molar-refractivity contribution is -0.127. The number of fused-ring (bicyclic) bond motifs is 1. The summed E-state index contributed by atoms with van der Waals surface area (Å²) in [5, 5.41) is 28.6. The number of morpholine rings is 1. The van der Waals surface area contributed by atoms with Crippen molar-refractivity contribution in [3.05, 3.63) is 101 Å². The van der Waals surface area contributed by atoms with E-state index >= 15 is 0 Å². The molecule has 1 heterocycles. The van der Waals surface area contributed by atoms with Crippen molar-refractivity contribution >= 4 is 12.0 Å². The zero-order valence-corrected chi connectivity index (χ0v) is 28.8. The molecule has 0 spiro atoms. The Morgan fingerprint density at radius 3 is 2.43 bits per heavy atom. The number of aliphatic hydroxyl groups excluding tert-OH is 2. The van der Waals surface area contributed by atoms with Gasteiger partial charge in [-0.1, -0.05) is 66.7 Å². The maximum atomic E-state index is 14.1. The van der Waals surface area contributed by atoms with E-state index in [4.69, 9.17) is 14.2 Å². The molecule has 3 aromatic carbocycles. The molecule has 10 nitrogen and oxygen atoms in total. The number of ether oxygens (including phenoxy) is 3. The largest absolute Gasteiger partial charge is 0.492 e. The van der Waals surface area contributed by atoms with Crippen LogP contribution in [0.4, 0.5) is 4.79 Å². The van der Waals surface area contributed by atoms with E-state index in [1.54, 1.807) is 20.8 Å². The van der Waals surface area contributed by atoms with Crippen molar-refractivity contribution in [3.8, 4) is 5.75 Å². The quantitative estimate of drug-likeness (QED) is 0.200. The predicted octanol–water partition coefficient (Wildman–Crippen LogP) is 4.22. The SMILES string of the molecule is CC(C)(C)OC(=O)N[C@@H](Cc1ccccc1)[C@@H](O)C[C@@H](Cc1cccc(OCCN2CCOCC2)c1)C(=O)N[C@H]1c2ccccc2C[C@H]1O. The average molecular weight is 674 g/mol. The average Bonchev–Trinajstić information content (AvgIpc) is 3.38. The minimum Gasteiger partial charge on any atom is -0.492 e. The number of amides is 2. The molecule has 1 aliphatic heterocycles. The van der Waals surface area contributed by atoms with E-state index in [1.165, 1.54) is 0 Å². The van der Waals surface area contributed by atoms with Gasteiger partial charge in [-0.15, -0.1) is 0 Å². The highest BCUT2D eigenvalue weighted by Gasteiger charge is 2.35. The van der Waals surface area contributed by atoms with Crippen molar-refractivity contribution in [1.29, 1.82) is 0 Å². The maximum absolute atomic E-state index is 14.1. The molecule has 5 atom stereocenters. The number of carbonyl (C=O) groups is 2. The molecule has 264 valence electrons. The first-order valence-electron chi connectivity index (χ1n) is 17.3. The Bertz CT molecular complexity index is 1510. The van der Waals surface area contributed by atoms with Crippen LogP contribution in [0.1, 0.15) is 55.5 Å². The number of aliphatic hydroxyl groups is 2. The topological polar surface area (TPSA) is 130 Å². The second kappa shape index (κ2) is 17.1. The van der Waals surface area contributed by atoms with Crippen molar-refractivity contribution in [1.82, 2.24) is 15.5 Å². The van der Waals surface area contributed by atoms with Crippen LogP contribution in [0.15, 0.2) is 78.9 Å². The lowest BCUT2D eigenvalue weighted by Gasteiger charge is -2.30. The van der Waals surface area contributed by atoms with Gasteiger partial charge in [-0.05, 0) is 74.4 Å². The van der Waals surface area contributed by atoms with Crippen LogP contribution in [-0.2, 0) is 33.5 Å². The number of carbonyl (C=O) groups excluding carboxylic acids is 2. The second-order valence-electron chi connectivity index (χ2n) is 14.1. The number of rotatable bonds is 14. The number of nitrogens with zero attached hydrogens (tertiary/aromatic N) is 1. The lowest BCUT2D eigenvalue weighted by atomic mass is 9.88. The summed E-state index contributed by atoms with van der Waals surface area (Å²) in [6.45, 7) is 9.91. The van der Waals surface area contributed by atoms with Crippen LogP contribution >= 0.6 is 0 Å². The molecule has 1 saturated heterocycles. The van der Waals surface area contributed by atoms with Crippen molar-refractivity contribution in [2.24, 2.45) is 5.92 Å². The smallest absolute Gasteiger partial charge is 0.407 e. The van der Waals surface area contributed by atoms with Gasteiger partial charge in [0.2, 0.25) is 5.91 Å². The van der Waals surface area contributed by atoms with Crippen molar-refractivity contribution in [2.75, 3.05) is 39.5 Å². The summed E-state index contributed by atoms with van der Waals surface area (Å²) in [7, 11) is 0. The number of benzene rings is 3. The number of alkyl carbamates (subject to hydrolysis) is 1. The van der Waals surface area contributed by atoms with Crippen molar-refractivity contribution < 1.29 is 34.0 Å². The molecule has 0 unspecified atom stereocenters. The summed E-state index contributed by atoms with van der Waals surface area (Å²) in [6.07, 6.45) is -1.30. The van der Waals surface area contributed by atoms with E-state index in [9.17, 15) is 19.8 Å². The molecular weight excluding hydrogens is 622 g/mol. The van der Waals surface area contributed by atoms with Gasteiger partial charge < -0.3 is 35.1 Å². The summed E-state index contributed by atoms with van der Waals surface area (Å²) in [5.74, 6) is -0.259. The van der Waals surface area contributed by atoms with Crippen molar-refractivity contribution in [2.45, 2.75) is 76.3 Å². The van der Waals surface area contributed by atoms with Crippen LogP contribution in [0, 0.1) is 5.92 Å². The molecule has 3 aromatic rings. The van der Waals surface area contributed by atoms with Crippen LogP contribution in [0.3, 0.4) is 0 Å². The molecule has 5 rings (SSSR count). The highest BCUT2D eigenvalue weighted by Crippen LogP contribution is 2.32. The van der Waals surface area contributed by atoms with Crippen LogP contribution in [-0.4, -0.2) is 90.4 Å². The normalized spacial score (nSPS) is 19.7. The molecule has 49 heavy (non-hydrogen) atoms. The third kappa shape index (κ3) is 11.0. The minimum absolute atomic E-state index is 0.0612. The third-order valence-electron chi connectivity index (χ3n) is 9.02. The molecule has 1 aliphatic carbocycles. The van der Waals surface area contributed by atoms with Crippen LogP contribution in [0.5, 0.6) is 5.75 Å². The zero-order chi connectivity index (χ0) is 34.8. The molecule has 1 fully saturated rings. The van der Waals surface area contributed by atoms with Gasteiger partial charge in [-0.2, -0.15) is 0 Å². The number of hydrogen-bond donors (Lipinski definition) is 4. The highest BCUT2D eigenvalue weighted by atomic mass is 16.6. The predicted molar refractivity (Wildman–Crippen MR) is 187 cm³/mol. The minimum atomic E-state index is -1.09. The first-order chi connectivity index (χ1) is 23.5. The van der Waals surface area contributed by atoms with Crippen LogP contribution < -0.4 is 15.4 Å². The van der Waals surface area contributed by atoms with Gasteiger partial charge in [0.05, 0.1) is 37.5 Å². The molecule has 10 heteroatoms. The van der Waals surface area contributed by atoms with E-state index in [0.717, 1.165) is 55.1 Å². The Labute approximate surface area is 289 Å². The van der Waals surface area contributed by atoms with Crippen LogP contribution in [0.25, 0.3) is 0 Å². The molecule has 2 aliphatic rings. The van der Waals surface area contributed by atoms with Gasteiger partial charge in [0.15, 0.2) is 0 Å². The van der Waals surface area contributed by atoms with E-state index < -0.39 is 41.9 Å². The number of nitrogens with one attached hydrogen (secondary N) is 2. The molecular formula is C39H51N3O7. The van der Waals surface area contributed by atoms with Gasteiger partial charge in [0.25, 0.3) is 0 Å². The summed E-state index contributed by atoms with van der Waals surface area (Å²) in [6, 6.07) is 23.7. The highest BCUT2D eigenvalue weighted by molar-refractivity contribution is 5.80. The molecule has 0 aromatic heterocycles. The summed E-state index contributed by atoms with van der Waals surface area (Å²) < 4.78 is 17.1. The Morgan fingerprint density at radius 1 is 0.959 bits per heavy atom. The molecule has 0 radical (unpaired) electrons. The monoisotopic (exact) mass is 673 g/mol. The van der Waals surface area contributed by atoms with Gasteiger partial charge in [-0.25, -0.2) is 4.79 Å². The zero-order valence-electron chi connectivity index (χ0n) is 28.8. The van der Waals surface area contributed by atoms with E-state index in [1.807, 2.05) is 78.9 Å². The van der Waals surface area contributed by atoms with E-state index in [2.05, 4.69) is 15.5 Å². The second-order valence-corrected chi connectivity index (χ2v) is 14.1.